The van der Waals surface area contributed by atoms with Gasteiger partial charge < -0.3 is 10.1 Å². The number of nitrogens with one attached hydrogen (secondary N) is 1. The van der Waals surface area contributed by atoms with Crippen LogP contribution in [0.25, 0.3) is 0 Å². The van der Waals surface area contributed by atoms with Crippen LogP contribution in [-0.2, 0) is 10.2 Å². The van der Waals surface area contributed by atoms with Gasteiger partial charge in [-0.05, 0) is 42.2 Å². The van der Waals surface area contributed by atoms with E-state index >= 15 is 0 Å². The number of carbonyl (C=O) groups is 2. The molecule has 0 unspecified atom stereocenters. The van der Waals surface area contributed by atoms with Crippen molar-refractivity contribution in [3.63, 3.8) is 0 Å². The lowest BCUT2D eigenvalue weighted by Gasteiger charge is -2.21. The van der Waals surface area contributed by atoms with Gasteiger partial charge in [-0.2, -0.15) is 0 Å². The summed E-state index contributed by atoms with van der Waals surface area (Å²) < 4.78 is 5.53. The number of Topliss-reactive ketones (excluding diaryl/α,β-unsaturated/α-hetero) is 1. The van der Waals surface area contributed by atoms with Crippen LogP contribution in [0, 0.1) is 0 Å². The molecule has 2 aromatic carbocycles. The molecule has 0 spiro atoms. The second kappa shape index (κ2) is 7.30. The van der Waals surface area contributed by atoms with Gasteiger partial charge in [0.05, 0.1) is 12.2 Å². The van der Waals surface area contributed by atoms with Crippen molar-refractivity contribution in [3.05, 3.63) is 59.7 Å². The van der Waals surface area contributed by atoms with E-state index in [0.29, 0.717) is 18.0 Å². The molecule has 0 radical (unpaired) electrons. The number of anilines is 1. The number of amides is 1. The fourth-order valence-electron chi connectivity index (χ4n) is 2.29. The van der Waals surface area contributed by atoms with Crippen molar-refractivity contribution < 1.29 is 14.3 Å². The highest BCUT2D eigenvalue weighted by molar-refractivity contribution is 6.47. The maximum atomic E-state index is 12.6. The van der Waals surface area contributed by atoms with Gasteiger partial charge in [-0.25, -0.2) is 0 Å². The summed E-state index contributed by atoms with van der Waals surface area (Å²) in [5.41, 5.74) is 1.72. The van der Waals surface area contributed by atoms with Gasteiger partial charge in [0.1, 0.15) is 5.75 Å². The molecule has 126 valence electrons. The highest BCUT2D eigenvalue weighted by Gasteiger charge is 2.24. The number of rotatable bonds is 5. The molecule has 0 heterocycles. The smallest absolute Gasteiger partial charge is 0.296 e. The van der Waals surface area contributed by atoms with Gasteiger partial charge in [-0.1, -0.05) is 45.0 Å². The molecule has 4 heteroatoms. The van der Waals surface area contributed by atoms with Crippen LogP contribution < -0.4 is 10.1 Å². The monoisotopic (exact) mass is 325 g/mol. The van der Waals surface area contributed by atoms with E-state index in [1.807, 2.05) is 19.1 Å². The van der Waals surface area contributed by atoms with Gasteiger partial charge in [-0.3, -0.25) is 9.59 Å². The third-order valence-electron chi connectivity index (χ3n) is 3.63. The first kappa shape index (κ1) is 17.7. The van der Waals surface area contributed by atoms with Gasteiger partial charge in [0, 0.05) is 5.69 Å². The Bertz CT molecular complexity index is 730. The first-order valence-corrected chi connectivity index (χ1v) is 8.01. The van der Waals surface area contributed by atoms with Crippen molar-refractivity contribution in [2.45, 2.75) is 33.1 Å². The van der Waals surface area contributed by atoms with Crippen molar-refractivity contribution in [2.75, 3.05) is 11.9 Å². The van der Waals surface area contributed by atoms with Gasteiger partial charge in [0.2, 0.25) is 0 Å². The van der Waals surface area contributed by atoms with Crippen LogP contribution in [0.4, 0.5) is 5.69 Å². The number of hydrogen-bond donors (Lipinski definition) is 1. The molecule has 0 aromatic heterocycles. The summed E-state index contributed by atoms with van der Waals surface area (Å²) in [5, 5.41) is 2.62. The zero-order valence-electron chi connectivity index (χ0n) is 14.6. The van der Waals surface area contributed by atoms with Crippen LogP contribution in [0.15, 0.2) is 48.5 Å². The minimum Gasteiger partial charge on any atom is -0.493 e. The summed E-state index contributed by atoms with van der Waals surface area (Å²) in [5.74, 6) is -0.847. The van der Waals surface area contributed by atoms with E-state index in [0.717, 1.165) is 5.56 Å². The van der Waals surface area contributed by atoms with E-state index in [2.05, 4.69) is 26.1 Å². The Morgan fingerprint density at radius 1 is 1.04 bits per heavy atom. The Kier molecular flexibility index (Phi) is 5.39. The van der Waals surface area contributed by atoms with E-state index in [4.69, 9.17) is 4.74 Å². The first-order chi connectivity index (χ1) is 11.3. The fourth-order valence-corrected chi connectivity index (χ4v) is 2.29. The Morgan fingerprint density at radius 3 is 2.29 bits per heavy atom. The van der Waals surface area contributed by atoms with Crippen molar-refractivity contribution in [2.24, 2.45) is 0 Å². The predicted octanol–water partition coefficient (Wildman–Crippen LogP) is 4.20. The van der Waals surface area contributed by atoms with Crippen molar-refractivity contribution in [1.29, 1.82) is 0 Å². The zero-order valence-corrected chi connectivity index (χ0v) is 14.6. The third-order valence-corrected chi connectivity index (χ3v) is 3.63. The molecule has 0 fully saturated rings. The lowest BCUT2D eigenvalue weighted by atomic mass is 9.85. The standard InChI is InChI=1S/C20H23NO3/c1-5-24-17-12-11-14(20(2,3)4)13-16(17)18(22)19(23)21-15-9-7-6-8-10-15/h6-13H,5H2,1-4H3,(H,21,23). The molecule has 4 nitrogen and oxygen atoms in total. The molecule has 0 bridgehead atoms. The molecule has 0 atom stereocenters. The average Bonchev–Trinajstić information content (AvgIpc) is 2.54. The molecule has 2 aromatic rings. The molecule has 1 N–H and O–H groups in total. The summed E-state index contributed by atoms with van der Waals surface area (Å²) in [6, 6.07) is 14.3. The fraction of sp³-hybridized carbons (Fsp3) is 0.300. The number of hydrogen-bond acceptors (Lipinski definition) is 3. The lowest BCUT2D eigenvalue weighted by Crippen LogP contribution is -2.24. The van der Waals surface area contributed by atoms with Crippen molar-refractivity contribution >= 4 is 17.4 Å². The van der Waals surface area contributed by atoms with E-state index in [9.17, 15) is 9.59 Å². The molecule has 2 rings (SSSR count). The van der Waals surface area contributed by atoms with Crippen LogP contribution in [0.5, 0.6) is 5.75 Å². The Morgan fingerprint density at radius 2 is 1.71 bits per heavy atom. The van der Waals surface area contributed by atoms with Crippen LogP contribution >= 0.6 is 0 Å². The quantitative estimate of drug-likeness (QED) is 0.662. The molecule has 0 saturated carbocycles. The molecule has 24 heavy (non-hydrogen) atoms. The minimum atomic E-state index is -0.673. The third kappa shape index (κ3) is 4.22. The number of para-hydroxylation sites is 1. The number of carbonyl (C=O) groups excluding carboxylic acids is 2. The van der Waals surface area contributed by atoms with Crippen molar-refractivity contribution in [1.82, 2.24) is 0 Å². The van der Waals surface area contributed by atoms with Gasteiger partial charge in [0.15, 0.2) is 0 Å². The molecule has 1 amide bonds. The highest BCUT2D eigenvalue weighted by atomic mass is 16.5. The Labute approximate surface area is 142 Å². The minimum absolute atomic E-state index is 0.129. The van der Waals surface area contributed by atoms with E-state index in [-0.39, 0.29) is 11.0 Å². The zero-order chi connectivity index (χ0) is 17.7. The van der Waals surface area contributed by atoms with E-state index < -0.39 is 11.7 Å². The average molecular weight is 325 g/mol. The molecule has 0 aliphatic rings. The normalized spacial score (nSPS) is 11.0. The SMILES string of the molecule is CCOc1ccc(C(C)(C)C)cc1C(=O)C(=O)Nc1ccccc1. The molecular weight excluding hydrogens is 302 g/mol. The Balaban J connectivity index is 2.33. The van der Waals surface area contributed by atoms with Gasteiger partial charge >= 0.3 is 0 Å². The van der Waals surface area contributed by atoms with Gasteiger partial charge in [-0.15, -0.1) is 0 Å². The maximum Gasteiger partial charge on any atom is 0.296 e. The van der Waals surface area contributed by atoms with Crippen LogP contribution in [0.2, 0.25) is 0 Å². The van der Waals surface area contributed by atoms with E-state index in [1.165, 1.54) is 0 Å². The summed E-state index contributed by atoms with van der Waals surface area (Å²) in [6.07, 6.45) is 0. The molecule has 0 aliphatic carbocycles. The molecular formula is C20H23NO3. The topological polar surface area (TPSA) is 55.4 Å². The molecule has 0 aliphatic heterocycles. The maximum absolute atomic E-state index is 12.6. The van der Waals surface area contributed by atoms with Gasteiger partial charge in [0.25, 0.3) is 11.7 Å². The van der Waals surface area contributed by atoms with Crippen molar-refractivity contribution in [3.8, 4) is 5.75 Å². The number of ketones is 1. The van der Waals surface area contributed by atoms with Crippen LogP contribution in [0.3, 0.4) is 0 Å². The second-order valence-corrected chi connectivity index (χ2v) is 6.54. The Hall–Kier alpha value is -2.62. The second-order valence-electron chi connectivity index (χ2n) is 6.54. The molecule has 0 saturated heterocycles. The first-order valence-electron chi connectivity index (χ1n) is 8.01. The summed E-state index contributed by atoms with van der Waals surface area (Å²) in [7, 11) is 0. The number of ether oxygens (including phenoxy) is 1. The van der Waals surface area contributed by atoms with Crippen LogP contribution in [-0.4, -0.2) is 18.3 Å². The number of benzene rings is 2. The van der Waals surface area contributed by atoms with E-state index in [1.54, 1.807) is 36.4 Å². The summed E-state index contributed by atoms with van der Waals surface area (Å²) in [4.78, 5) is 24.9. The lowest BCUT2D eigenvalue weighted by molar-refractivity contribution is -0.112. The highest BCUT2D eigenvalue weighted by Crippen LogP contribution is 2.28. The van der Waals surface area contributed by atoms with Crippen LogP contribution in [0.1, 0.15) is 43.6 Å². The summed E-state index contributed by atoms with van der Waals surface area (Å²) in [6.45, 7) is 8.44. The predicted molar refractivity (Wildman–Crippen MR) is 95.7 cm³/mol. The summed E-state index contributed by atoms with van der Waals surface area (Å²) >= 11 is 0. The largest absolute Gasteiger partial charge is 0.493 e.